The lowest BCUT2D eigenvalue weighted by molar-refractivity contribution is -0.140. The largest absolute Gasteiger partial charge is 0.469 e. The van der Waals surface area contributed by atoms with Gasteiger partial charge in [0.2, 0.25) is 0 Å². The summed E-state index contributed by atoms with van der Waals surface area (Å²) < 4.78 is 4.61. The number of rotatable bonds is 6. The van der Waals surface area contributed by atoms with E-state index < -0.39 is 0 Å². The monoisotopic (exact) mass is 326 g/mol. The van der Waals surface area contributed by atoms with Crippen LogP contribution in [0.4, 0.5) is 0 Å². The number of esters is 1. The predicted octanol–water partition coefficient (Wildman–Crippen LogP) is 2.80. The topological polar surface area (TPSA) is 68.3 Å². The van der Waals surface area contributed by atoms with Crippen LogP contribution < -0.4 is 5.32 Å². The van der Waals surface area contributed by atoms with Crippen LogP contribution in [0, 0.1) is 0 Å². The van der Waals surface area contributed by atoms with Gasteiger partial charge in [0.15, 0.2) is 0 Å². The molecule has 0 spiro atoms. The van der Waals surface area contributed by atoms with Gasteiger partial charge in [-0.1, -0.05) is 18.2 Å². The number of pyridine rings is 1. The van der Waals surface area contributed by atoms with E-state index in [1.807, 2.05) is 24.3 Å². The molecule has 126 valence electrons. The Morgan fingerprint density at radius 1 is 1.21 bits per heavy atom. The molecule has 1 aromatic heterocycles. The summed E-state index contributed by atoms with van der Waals surface area (Å²) in [5.41, 5.74) is 3.82. The highest BCUT2D eigenvalue weighted by molar-refractivity contribution is 6.07. The van der Waals surface area contributed by atoms with Crippen LogP contribution in [-0.4, -0.2) is 30.5 Å². The van der Waals surface area contributed by atoms with Crippen molar-refractivity contribution >= 4 is 22.8 Å². The number of para-hydroxylation sites is 1. The van der Waals surface area contributed by atoms with Gasteiger partial charge in [-0.3, -0.25) is 14.6 Å². The van der Waals surface area contributed by atoms with E-state index in [-0.39, 0.29) is 11.9 Å². The first-order valence-corrected chi connectivity index (χ1v) is 8.46. The first kappa shape index (κ1) is 16.4. The summed E-state index contributed by atoms with van der Waals surface area (Å²) in [5.74, 6) is -0.246. The van der Waals surface area contributed by atoms with Crippen molar-refractivity contribution in [3.05, 3.63) is 41.1 Å². The lowest BCUT2D eigenvalue weighted by Crippen LogP contribution is -2.26. The normalized spacial score (nSPS) is 12.9. The Kier molecular flexibility index (Phi) is 5.08. The Labute approximate surface area is 141 Å². The van der Waals surface area contributed by atoms with Crippen LogP contribution >= 0.6 is 0 Å². The number of nitrogens with zero attached hydrogens (tertiary/aromatic N) is 1. The molecule has 0 saturated carbocycles. The van der Waals surface area contributed by atoms with Gasteiger partial charge in [-0.05, 0) is 43.7 Å². The number of nitrogens with one attached hydrogen (secondary N) is 1. The fraction of sp³-hybridized carbons (Fsp3) is 0.421. The van der Waals surface area contributed by atoms with Crippen molar-refractivity contribution in [3.8, 4) is 0 Å². The minimum absolute atomic E-state index is 0.0372. The molecule has 1 aromatic carbocycles. The smallest absolute Gasteiger partial charge is 0.305 e. The van der Waals surface area contributed by atoms with Gasteiger partial charge in [-0.25, -0.2) is 0 Å². The lowest BCUT2D eigenvalue weighted by atomic mass is 10.0. The van der Waals surface area contributed by atoms with E-state index >= 15 is 0 Å². The van der Waals surface area contributed by atoms with Crippen LogP contribution in [0.5, 0.6) is 0 Å². The third-order valence-corrected chi connectivity index (χ3v) is 4.47. The molecule has 5 nitrogen and oxygen atoms in total. The fourth-order valence-corrected chi connectivity index (χ4v) is 3.26. The zero-order chi connectivity index (χ0) is 16.9. The molecule has 0 radical (unpaired) electrons. The van der Waals surface area contributed by atoms with E-state index in [0.29, 0.717) is 19.4 Å². The van der Waals surface area contributed by atoms with Gasteiger partial charge in [0.1, 0.15) is 0 Å². The summed E-state index contributed by atoms with van der Waals surface area (Å²) in [6.07, 6.45) is 4.77. The summed E-state index contributed by atoms with van der Waals surface area (Å²) in [5, 5.41) is 3.92. The zero-order valence-electron chi connectivity index (χ0n) is 13.9. The van der Waals surface area contributed by atoms with E-state index in [2.05, 4.69) is 10.1 Å². The average Bonchev–Trinajstić information content (AvgIpc) is 3.06. The van der Waals surface area contributed by atoms with Crippen molar-refractivity contribution in [2.75, 3.05) is 13.7 Å². The molecule has 0 bridgehead atoms. The Balaban J connectivity index is 1.72. The second kappa shape index (κ2) is 7.43. The molecule has 0 atom stereocenters. The highest BCUT2D eigenvalue weighted by Crippen LogP contribution is 2.29. The second-order valence-electron chi connectivity index (χ2n) is 6.07. The standard InChI is InChI=1S/C19H22N2O3/c1-24-17(22)11-4-5-12-20-19(23)18-13-7-2-3-9-15(13)21-16-10-6-8-14(16)18/h2-3,7,9H,4-6,8,10-12H2,1H3,(H,20,23). The number of fused-ring (bicyclic) bond motifs is 2. The van der Waals surface area contributed by atoms with Crippen LogP contribution in [0.15, 0.2) is 24.3 Å². The molecular formula is C19H22N2O3. The number of aromatic nitrogens is 1. The van der Waals surface area contributed by atoms with Crippen LogP contribution in [0.1, 0.15) is 47.3 Å². The number of hydrogen-bond donors (Lipinski definition) is 1. The van der Waals surface area contributed by atoms with Gasteiger partial charge < -0.3 is 10.1 Å². The van der Waals surface area contributed by atoms with Gasteiger partial charge in [0, 0.05) is 24.0 Å². The van der Waals surface area contributed by atoms with Gasteiger partial charge in [-0.2, -0.15) is 0 Å². The van der Waals surface area contributed by atoms with Gasteiger partial charge in [0.05, 0.1) is 18.2 Å². The van der Waals surface area contributed by atoms with E-state index in [1.165, 1.54) is 7.11 Å². The third-order valence-electron chi connectivity index (χ3n) is 4.47. The molecule has 1 N–H and O–H groups in total. The quantitative estimate of drug-likeness (QED) is 0.655. The lowest BCUT2D eigenvalue weighted by Gasteiger charge is -2.12. The molecule has 1 amide bonds. The van der Waals surface area contributed by atoms with Crippen LogP contribution in [-0.2, 0) is 22.4 Å². The van der Waals surface area contributed by atoms with Gasteiger partial charge in [0.25, 0.3) is 5.91 Å². The molecule has 3 rings (SSSR count). The summed E-state index contributed by atoms with van der Waals surface area (Å²) in [4.78, 5) is 28.5. The molecule has 1 heterocycles. The number of carbonyl (C=O) groups is 2. The summed E-state index contributed by atoms with van der Waals surface area (Å²) in [6, 6.07) is 7.82. The summed E-state index contributed by atoms with van der Waals surface area (Å²) >= 11 is 0. The molecule has 5 heteroatoms. The van der Waals surface area contributed by atoms with Gasteiger partial charge >= 0.3 is 5.97 Å². The number of unbranched alkanes of at least 4 members (excludes halogenated alkanes) is 1. The molecule has 24 heavy (non-hydrogen) atoms. The molecular weight excluding hydrogens is 304 g/mol. The number of amides is 1. The number of benzene rings is 1. The SMILES string of the molecule is COC(=O)CCCCNC(=O)c1c2c(nc3ccccc13)CCC2. The first-order valence-electron chi connectivity index (χ1n) is 8.46. The number of aryl methyl sites for hydroxylation is 1. The van der Waals surface area contributed by atoms with Crippen molar-refractivity contribution in [3.63, 3.8) is 0 Å². The number of carbonyl (C=O) groups excluding carboxylic acids is 2. The molecule has 1 aliphatic rings. The molecule has 0 saturated heterocycles. The van der Waals surface area contributed by atoms with Crippen LogP contribution in [0.2, 0.25) is 0 Å². The molecule has 2 aromatic rings. The fourth-order valence-electron chi connectivity index (χ4n) is 3.26. The van der Waals surface area contributed by atoms with E-state index in [4.69, 9.17) is 4.98 Å². The van der Waals surface area contributed by atoms with Crippen molar-refractivity contribution in [1.82, 2.24) is 10.3 Å². The van der Waals surface area contributed by atoms with Crippen molar-refractivity contribution < 1.29 is 14.3 Å². The average molecular weight is 326 g/mol. The molecule has 0 aliphatic heterocycles. The van der Waals surface area contributed by atoms with Crippen LogP contribution in [0.25, 0.3) is 10.9 Å². The van der Waals surface area contributed by atoms with E-state index in [1.54, 1.807) is 0 Å². The van der Waals surface area contributed by atoms with Gasteiger partial charge in [-0.15, -0.1) is 0 Å². The predicted molar refractivity (Wildman–Crippen MR) is 92.0 cm³/mol. The van der Waals surface area contributed by atoms with E-state index in [9.17, 15) is 9.59 Å². The Hall–Kier alpha value is -2.43. The molecule has 0 fully saturated rings. The maximum atomic E-state index is 12.7. The maximum absolute atomic E-state index is 12.7. The highest BCUT2D eigenvalue weighted by Gasteiger charge is 2.23. The van der Waals surface area contributed by atoms with Crippen molar-refractivity contribution in [2.24, 2.45) is 0 Å². The van der Waals surface area contributed by atoms with Crippen molar-refractivity contribution in [1.29, 1.82) is 0 Å². The Morgan fingerprint density at radius 3 is 2.88 bits per heavy atom. The number of ether oxygens (including phenoxy) is 1. The second-order valence-corrected chi connectivity index (χ2v) is 6.07. The Morgan fingerprint density at radius 2 is 2.04 bits per heavy atom. The zero-order valence-corrected chi connectivity index (χ0v) is 13.9. The Bertz CT molecular complexity index is 771. The number of methoxy groups -OCH3 is 1. The molecule has 0 unspecified atom stereocenters. The summed E-state index contributed by atoms with van der Waals surface area (Å²) in [7, 11) is 1.39. The van der Waals surface area contributed by atoms with Crippen LogP contribution in [0.3, 0.4) is 0 Å². The maximum Gasteiger partial charge on any atom is 0.305 e. The van der Waals surface area contributed by atoms with E-state index in [0.717, 1.165) is 53.4 Å². The summed E-state index contributed by atoms with van der Waals surface area (Å²) in [6.45, 7) is 0.557. The third kappa shape index (κ3) is 3.40. The number of hydrogen-bond acceptors (Lipinski definition) is 4. The van der Waals surface area contributed by atoms with Crippen molar-refractivity contribution in [2.45, 2.75) is 38.5 Å². The minimum Gasteiger partial charge on any atom is -0.469 e. The minimum atomic E-state index is -0.209. The first-order chi connectivity index (χ1) is 11.7. The highest BCUT2D eigenvalue weighted by atomic mass is 16.5. The molecule has 1 aliphatic carbocycles.